The first kappa shape index (κ1) is 19.1. The zero-order chi connectivity index (χ0) is 20.7. The number of hydrogen-bond acceptors (Lipinski definition) is 4. The summed E-state index contributed by atoms with van der Waals surface area (Å²) < 4.78 is 6.37. The third-order valence-corrected chi connectivity index (χ3v) is 6.81. The normalized spacial score (nSPS) is 24.1. The first-order valence-corrected chi connectivity index (χ1v) is 10.9. The average Bonchev–Trinajstić information content (AvgIpc) is 3.18. The Kier molecular flexibility index (Phi) is 4.93. The minimum Gasteiger partial charge on any atom is -0.485 e. The Hall–Kier alpha value is -2.89. The van der Waals surface area contributed by atoms with Gasteiger partial charge in [-0.15, -0.1) is 0 Å². The number of likely N-dealkylation sites (N-methyl/N-ethyl adjacent to an activating group) is 1. The van der Waals surface area contributed by atoms with Crippen LogP contribution >= 0.6 is 0 Å². The third-order valence-electron chi connectivity index (χ3n) is 6.81. The summed E-state index contributed by atoms with van der Waals surface area (Å²) in [7, 11) is 1.82. The predicted molar refractivity (Wildman–Crippen MR) is 113 cm³/mol. The largest absolute Gasteiger partial charge is 0.485 e. The number of carbonyl (C=O) groups is 2. The van der Waals surface area contributed by atoms with Gasteiger partial charge in [0.15, 0.2) is 0 Å². The number of amides is 2. The molecule has 6 nitrogen and oxygen atoms in total. The summed E-state index contributed by atoms with van der Waals surface area (Å²) in [6.45, 7) is 1.08. The number of nitrogens with zero attached hydrogens (tertiary/aromatic N) is 3. The van der Waals surface area contributed by atoms with Crippen molar-refractivity contribution in [1.82, 2.24) is 14.8 Å². The van der Waals surface area contributed by atoms with Crippen molar-refractivity contribution in [2.75, 3.05) is 20.1 Å². The molecule has 2 aliphatic heterocycles. The summed E-state index contributed by atoms with van der Waals surface area (Å²) in [6, 6.07) is 9.45. The molecule has 1 saturated heterocycles. The minimum absolute atomic E-state index is 0.0535. The lowest BCUT2D eigenvalue weighted by atomic mass is 9.88. The fourth-order valence-electron chi connectivity index (χ4n) is 5.05. The zero-order valence-corrected chi connectivity index (χ0v) is 17.3. The number of fused-ring (bicyclic) bond motifs is 2. The number of aromatic nitrogens is 1. The monoisotopic (exact) mass is 405 g/mol. The quantitative estimate of drug-likeness (QED) is 0.769. The molecule has 0 bridgehead atoms. The molecule has 2 aromatic rings. The van der Waals surface area contributed by atoms with Crippen molar-refractivity contribution in [2.24, 2.45) is 5.92 Å². The molecule has 6 heteroatoms. The Morgan fingerprint density at radius 1 is 1.10 bits per heavy atom. The molecule has 30 heavy (non-hydrogen) atoms. The predicted octanol–water partition coefficient (Wildman–Crippen LogP) is 3.37. The van der Waals surface area contributed by atoms with Crippen molar-refractivity contribution in [3.8, 4) is 16.9 Å². The minimum atomic E-state index is -0.211. The maximum Gasteiger partial charge on any atom is 0.257 e. The first-order valence-electron chi connectivity index (χ1n) is 10.9. The molecule has 2 amide bonds. The molecular formula is C24H27N3O3. The highest BCUT2D eigenvalue weighted by Gasteiger charge is 2.44. The van der Waals surface area contributed by atoms with Crippen LogP contribution < -0.4 is 4.74 Å². The van der Waals surface area contributed by atoms with Crippen molar-refractivity contribution < 1.29 is 14.3 Å². The van der Waals surface area contributed by atoms with Crippen LogP contribution in [-0.2, 0) is 4.79 Å². The number of pyridine rings is 1. The molecule has 3 aliphatic rings. The maximum absolute atomic E-state index is 13.1. The highest BCUT2D eigenvalue weighted by Crippen LogP contribution is 2.35. The van der Waals surface area contributed by atoms with Gasteiger partial charge in [0.2, 0.25) is 5.91 Å². The van der Waals surface area contributed by atoms with Crippen molar-refractivity contribution in [2.45, 2.75) is 44.2 Å². The molecule has 156 valence electrons. The SMILES string of the molecule is CN1C(=O)c2ccc(-c3cccnc3)cc2O[C@H]2CN(C(=O)C3CCCCC3)C[C@H]21. The molecule has 0 N–H and O–H groups in total. The Morgan fingerprint density at radius 2 is 1.93 bits per heavy atom. The Balaban J connectivity index is 1.41. The van der Waals surface area contributed by atoms with Crippen molar-refractivity contribution in [3.63, 3.8) is 0 Å². The second-order valence-electron chi connectivity index (χ2n) is 8.67. The summed E-state index contributed by atoms with van der Waals surface area (Å²) in [5, 5.41) is 0. The number of benzene rings is 1. The lowest BCUT2D eigenvalue weighted by Gasteiger charge is -2.27. The van der Waals surface area contributed by atoms with Gasteiger partial charge in [-0.05, 0) is 36.6 Å². The van der Waals surface area contributed by atoms with Gasteiger partial charge in [0.1, 0.15) is 11.9 Å². The maximum atomic E-state index is 13.1. The standard InChI is InChI=1S/C24H27N3O3/c1-26-20-14-27(23(28)16-6-3-2-4-7-16)15-22(20)30-21-12-17(9-10-19(21)24(26)29)18-8-5-11-25-13-18/h5,8-13,16,20,22H,2-4,6-7,14-15H2,1H3/t20-,22+/m1/s1. The van der Waals surface area contributed by atoms with Gasteiger partial charge >= 0.3 is 0 Å². The van der Waals surface area contributed by atoms with E-state index >= 15 is 0 Å². The van der Waals surface area contributed by atoms with Crippen LogP contribution in [0.15, 0.2) is 42.7 Å². The van der Waals surface area contributed by atoms with E-state index in [4.69, 9.17) is 4.74 Å². The zero-order valence-electron chi connectivity index (χ0n) is 17.3. The van der Waals surface area contributed by atoms with E-state index in [1.807, 2.05) is 42.3 Å². The molecule has 1 saturated carbocycles. The summed E-state index contributed by atoms with van der Waals surface area (Å²) in [4.78, 5) is 34.1. The molecular weight excluding hydrogens is 378 g/mol. The fraction of sp³-hybridized carbons (Fsp3) is 0.458. The number of carbonyl (C=O) groups excluding carboxylic acids is 2. The Morgan fingerprint density at radius 3 is 2.70 bits per heavy atom. The molecule has 3 heterocycles. The van der Waals surface area contributed by atoms with E-state index in [1.165, 1.54) is 6.42 Å². The third kappa shape index (κ3) is 3.34. The highest BCUT2D eigenvalue weighted by atomic mass is 16.5. The lowest BCUT2D eigenvalue weighted by molar-refractivity contribution is -0.135. The molecule has 1 aromatic heterocycles. The number of rotatable bonds is 2. The topological polar surface area (TPSA) is 62.7 Å². The smallest absolute Gasteiger partial charge is 0.257 e. The molecule has 0 radical (unpaired) electrons. The summed E-state index contributed by atoms with van der Waals surface area (Å²) in [5.41, 5.74) is 2.51. The van der Waals surface area contributed by atoms with Gasteiger partial charge in [-0.25, -0.2) is 0 Å². The van der Waals surface area contributed by atoms with Crippen LogP contribution in [0.1, 0.15) is 42.5 Å². The van der Waals surface area contributed by atoms with Gasteiger partial charge in [0.25, 0.3) is 5.91 Å². The van der Waals surface area contributed by atoms with Crippen LogP contribution in [0.25, 0.3) is 11.1 Å². The summed E-state index contributed by atoms with van der Waals surface area (Å²) >= 11 is 0. The fourth-order valence-corrected chi connectivity index (χ4v) is 5.05. The summed E-state index contributed by atoms with van der Waals surface area (Å²) in [6.07, 6.45) is 8.79. The van der Waals surface area contributed by atoms with E-state index < -0.39 is 0 Å². The molecule has 0 spiro atoms. The van der Waals surface area contributed by atoms with E-state index in [-0.39, 0.29) is 29.9 Å². The average molecular weight is 405 g/mol. The van der Waals surface area contributed by atoms with Gasteiger partial charge in [0.05, 0.1) is 18.2 Å². The second-order valence-corrected chi connectivity index (χ2v) is 8.67. The molecule has 2 atom stereocenters. The molecule has 5 rings (SSSR count). The van der Waals surface area contributed by atoms with Gasteiger partial charge in [0, 0.05) is 37.5 Å². The van der Waals surface area contributed by atoms with E-state index in [9.17, 15) is 9.59 Å². The summed E-state index contributed by atoms with van der Waals surface area (Å²) in [5.74, 6) is 0.901. The second kappa shape index (κ2) is 7.74. The van der Waals surface area contributed by atoms with Gasteiger partial charge < -0.3 is 14.5 Å². The van der Waals surface area contributed by atoms with E-state index in [0.29, 0.717) is 24.4 Å². The van der Waals surface area contributed by atoms with Crippen molar-refractivity contribution in [1.29, 1.82) is 0 Å². The lowest BCUT2D eigenvalue weighted by Crippen LogP contribution is -2.44. The number of ether oxygens (including phenoxy) is 1. The molecule has 1 aromatic carbocycles. The Bertz CT molecular complexity index is 955. The van der Waals surface area contributed by atoms with Crippen LogP contribution in [0.3, 0.4) is 0 Å². The number of hydrogen-bond donors (Lipinski definition) is 0. The van der Waals surface area contributed by atoms with Crippen LogP contribution in [0, 0.1) is 5.92 Å². The van der Waals surface area contributed by atoms with Crippen LogP contribution in [0.2, 0.25) is 0 Å². The van der Waals surface area contributed by atoms with Crippen molar-refractivity contribution in [3.05, 3.63) is 48.3 Å². The van der Waals surface area contributed by atoms with Crippen LogP contribution in [-0.4, -0.2) is 58.9 Å². The highest BCUT2D eigenvalue weighted by molar-refractivity contribution is 5.98. The molecule has 1 aliphatic carbocycles. The first-order chi connectivity index (χ1) is 14.6. The van der Waals surface area contributed by atoms with Gasteiger partial charge in [-0.2, -0.15) is 0 Å². The number of likely N-dealkylation sites (tertiary alicyclic amines) is 1. The van der Waals surface area contributed by atoms with Gasteiger partial charge in [-0.1, -0.05) is 31.4 Å². The molecule has 0 unspecified atom stereocenters. The molecule has 2 fully saturated rings. The van der Waals surface area contributed by atoms with Crippen LogP contribution in [0.4, 0.5) is 0 Å². The van der Waals surface area contributed by atoms with E-state index in [2.05, 4.69) is 4.98 Å². The van der Waals surface area contributed by atoms with Gasteiger partial charge in [-0.3, -0.25) is 14.6 Å². The van der Waals surface area contributed by atoms with E-state index in [0.717, 1.165) is 36.8 Å². The Labute approximate surface area is 176 Å². The van der Waals surface area contributed by atoms with Crippen molar-refractivity contribution >= 4 is 11.8 Å². The van der Waals surface area contributed by atoms with E-state index in [1.54, 1.807) is 17.3 Å². The van der Waals surface area contributed by atoms with Crippen LogP contribution in [0.5, 0.6) is 5.75 Å².